The number of nitrogens with zero attached hydrogens (tertiary/aromatic N) is 1. The SMILES string of the molecule is O=C(C[C@H]1CSCCS1)N1CCC(C2CCOCC2)CC1. The van der Waals surface area contributed by atoms with E-state index in [2.05, 4.69) is 4.90 Å². The van der Waals surface area contributed by atoms with Gasteiger partial charge in [0.15, 0.2) is 0 Å². The Hall–Kier alpha value is 0.130. The van der Waals surface area contributed by atoms with Gasteiger partial charge in [0.05, 0.1) is 0 Å². The normalized spacial score (nSPS) is 29.5. The van der Waals surface area contributed by atoms with Gasteiger partial charge in [0.2, 0.25) is 5.91 Å². The summed E-state index contributed by atoms with van der Waals surface area (Å²) in [5.41, 5.74) is 0. The third-order valence-electron chi connectivity index (χ3n) is 5.11. The van der Waals surface area contributed by atoms with Crippen LogP contribution in [0, 0.1) is 11.8 Å². The Balaban J connectivity index is 1.40. The summed E-state index contributed by atoms with van der Waals surface area (Å²) >= 11 is 4.00. The second kappa shape index (κ2) is 8.11. The topological polar surface area (TPSA) is 29.5 Å². The predicted octanol–water partition coefficient (Wildman–Crippen LogP) is 2.89. The third kappa shape index (κ3) is 4.55. The first-order chi connectivity index (χ1) is 10.3. The van der Waals surface area contributed by atoms with E-state index in [0.29, 0.717) is 11.2 Å². The quantitative estimate of drug-likeness (QED) is 0.796. The molecule has 3 aliphatic rings. The van der Waals surface area contributed by atoms with E-state index in [1.807, 2.05) is 23.5 Å². The van der Waals surface area contributed by atoms with Crippen LogP contribution in [-0.2, 0) is 9.53 Å². The maximum absolute atomic E-state index is 12.4. The minimum Gasteiger partial charge on any atom is -0.381 e. The van der Waals surface area contributed by atoms with Crippen LogP contribution in [0.3, 0.4) is 0 Å². The summed E-state index contributed by atoms with van der Waals surface area (Å²) in [4.78, 5) is 14.6. The fourth-order valence-corrected chi connectivity index (χ4v) is 6.46. The van der Waals surface area contributed by atoms with Crippen molar-refractivity contribution in [3.8, 4) is 0 Å². The molecule has 3 fully saturated rings. The lowest BCUT2D eigenvalue weighted by Crippen LogP contribution is -2.42. The number of carbonyl (C=O) groups excluding carboxylic acids is 1. The van der Waals surface area contributed by atoms with Crippen molar-refractivity contribution in [2.75, 3.05) is 43.6 Å². The molecule has 0 radical (unpaired) electrons. The van der Waals surface area contributed by atoms with Gasteiger partial charge in [-0.25, -0.2) is 0 Å². The zero-order chi connectivity index (χ0) is 14.5. The molecule has 0 N–H and O–H groups in total. The summed E-state index contributed by atoms with van der Waals surface area (Å²) in [6.07, 6.45) is 5.65. The highest BCUT2D eigenvalue weighted by molar-refractivity contribution is 8.06. The first-order valence-electron chi connectivity index (χ1n) is 8.38. The van der Waals surface area contributed by atoms with Crippen LogP contribution in [0.4, 0.5) is 0 Å². The van der Waals surface area contributed by atoms with E-state index in [9.17, 15) is 4.79 Å². The summed E-state index contributed by atoms with van der Waals surface area (Å²) in [6.45, 7) is 3.87. The van der Waals surface area contributed by atoms with Gasteiger partial charge < -0.3 is 9.64 Å². The molecule has 1 atom stereocenters. The predicted molar refractivity (Wildman–Crippen MR) is 91.0 cm³/mol. The first-order valence-corrected chi connectivity index (χ1v) is 10.6. The largest absolute Gasteiger partial charge is 0.381 e. The van der Waals surface area contributed by atoms with Crippen molar-refractivity contribution >= 4 is 29.4 Å². The summed E-state index contributed by atoms with van der Waals surface area (Å²) in [6, 6.07) is 0. The number of carbonyl (C=O) groups is 1. The summed E-state index contributed by atoms with van der Waals surface area (Å²) in [5, 5.41) is 0.560. The molecule has 3 aliphatic heterocycles. The first kappa shape index (κ1) is 16.0. The van der Waals surface area contributed by atoms with Crippen molar-refractivity contribution in [3.05, 3.63) is 0 Å². The number of thioether (sulfide) groups is 2. The van der Waals surface area contributed by atoms with Gasteiger partial charge in [0.25, 0.3) is 0 Å². The van der Waals surface area contributed by atoms with Crippen LogP contribution in [-0.4, -0.2) is 59.6 Å². The number of amides is 1. The van der Waals surface area contributed by atoms with E-state index < -0.39 is 0 Å². The molecule has 0 bridgehead atoms. The molecular weight excluding hydrogens is 302 g/mol. The summed E-state index contributed by atoms with van der Waals surface area (Å²) < 4.78 is 5.47. The minimum atomic E-state index is 0.403. The second-order valence-electron chi connectivity index (χ2n) is 6.44. The van der Waals surface area contributed by atoms with Crippen molar-refractivity contribution in [1.29, 1.82) is 0 Å². The standard InChI is InChI=1S/C16H27NO2S2/c18-16(11-15-12-20-9-10-21-15)17-5-1-13(2-6-17)14-3-7-19-8-4-14/h13-15H,1-12H2/t15-/m0/s1. The molecule has 0 aromatic rings. The van der Waals surface area contributed by atoms with Crippen LogP contribution < -0.4 is 0 Å². The van der Waals surface area contributed by atoms with Crippen LogP contribution in [0.1, 0.15) is 32.1 Å². The number of rotatable bonds is 3. The third-order valence-corrected chi connectivity index (χ3v) is 7.96. The minimum absolute atomic E-state index is 0.403. The Morgan fingerprint density at radius 1 is 1.05 bits per heavy atom. The molecule has 3 nitrogen and oxygen atoms in total. The molecule has 1 amide bonds. The molecule has 120 valence electrons. The lowest BCUT2D eigenvalue weighted by molar-refractivity contribution is -0.132. The molecule has 0 unspecified atom stereocenters. The van der Waals surface area contributed by atoms with Crippen molar-refractivity contribution in [2.24, 2.45) is 11.8 Å². The lowest BCUT2D eigenvalue weighted by Gasteiger charge is -2.38. The number of likely N-dealkylation sites (tertiary alicyclic amines) is 1. The van der Waals surface area contributed by atoms with Gasteiger partial charge in [-0.2, -0.15) is 23.5 Å². The van der Waals surface area contributed by atoms with Gasteiger partial charge in [-0.15, -0.1) is 0 Å². The monoisotopic (exact) mass is 329 g/mol. The van der Waals surface area contributed by atoms with E-state index >= 15 is 0 Å². The van der Waals surface area contributed by atoms with E-state index in [4.69, 9.17) is 4.74 Å². The zero-order valence-electron chi connectivity index (χ0n) is 12.8. The number of ether oxygens (including phenoxy) is 1. The highest BCUT2D eigenvalue weighted by Gasteiger charge is 2.30. The fourth-order valence-electron chi connectivity index (χ4n) is 3.79. The van der Waals surface area contributed by atoms with E-state index in [-0.39, 0.29) is 0 Å². The Morgan fingerprint density at radius 2 is 1.76 bits per heavy atom. The van der Waals surface area contributed by atoms with Gasteiger partial charge >= 0.3 is 0 Å². The fraction of sp³-hybridized carbons (Fsp3) is 0.938. The Labute approximate surface area is 136 Å². The average Bonchev–Trinajstić information content (AvgIpc) is 2.57. The van der Waals surface area contributed by atoms with E-state index in [1.165, 1.54) is 37.2 Å². The van der Waals surface area contributed by atoms with Crippen molar-refractivity contribution < 1.29 is 9.53 Å². The van der Waals surface area contributed by atoms with Gasteiger partial charge in [-0.05, 0) is 37.5 Å². The lowest BCUT2D eigenvalue weighted by atomic mass is 9.80. The molecule has 3 rings (SSSR count). The van der Waals surface area contributed by atoms with Gasteiger partial charge in [-0.3, -0.25) is 4.79 Å². The number of hydrogen-bond donors (Lipinski definition) is 0. The van der Waals surface area contributed by atoms with E-state index in [1.54, 1.807) is 0 Å². The smallest absolute Gasteiger partial charge is 0.223 e. The molecule has 0 aliphatic carbocycles. The van der Waals surface area contributed by atoms with Gasteiger partial charge in [0, 0.05) is 55.2 Å². The molecule has 0 saturated carbocycles. The molecule has 5 heteroatoms. The second-order valence-corrected chi connectivity index (χ2v) is 9.00. The molecule has 3 saturated heterocycles. The molecule has 0 aromatic carbocycles. The van der Waals surface area contributed by atoms with Crippen LogP contribution in [0.2, 0.25) is 0 Å². The highest BCUT2D eigenvalue weighted by Crippen LogP contribution is 2.32. The molecule has 0 spiro atoms. The zero-order valence-corrected chi connectivity index (χ0v) is 14.4. The van der Waals surface area contributed by atoms with Gasteiger partial charge in [-0.1, -0.05) is 0 Å². The molecule has 0 aromatic heterocycles. The maximum atomic E-state index is 12.4. The maximum Gasteiger partial charge on any atom is 0.223 e. The number of piperidine rings is 1. The summed E-state index contributed by atoms with van der Waals surface area (Å²) in [5.74, 6) is 5.72. The van der Waals surface area contributed by atoms with E-state index in [0.717, 1.165) is 50.3 Å². The van der Waals surface area contributed by atoms with Crippen molar-refractivity contribution in [1.82, 2.24) is 4.90 Å². The Morgan fingerprint density at radius 3 is 2.43 bits per heavy atom. The Bertz CT molecular complexity index is 333. The average molecular weight is 330 g/mol. The van der Waals surface area contributed by atoms with Crippen molar-refractivity contribution in [2.45, 2.75) is 37.4 Å². The molecular formula is C16H27NO2S2. The highest BCUT2D eigenvalue weighted by atomic mass is 32.2. The number of hydrogen-bond acceptors (Lipinski definition) is 4. The van der Waals surface area contributed by atoms with Crippen LogP contribution >= 0.6 is 23.5 Å². The molecule has 21 heavy (non-hydrogen) atoms. The van der Waals surface area contributed by atoms with Crippen molar-refractivity contribution in [3.63, 3.8) is 0 Å². The Kier molecular flexibility index (Phi) is 6.18. The van der Waals surface area contributed by atoms with Crippen LogP contribution in [0.15, 0.2) is 0 Å². The summed E-state index contributed by atoms with van der Waals surface area (Å²) in [7, 11) is 0. The van der Waals surface area contributed by atoms with Crippen LogP contribution in [0.25, 0.3) is 0 Å². The van der Waals surface area contributed by atoms with Gasteiger partial charge in [0.1, 0.15) is 0 Å². The van der Waals surface area contributed by atoms with Crippen LogP contribution in [0.5, 0.6) is 0 Å². The molecule has 3 heterocycles.